The molecule has 0 spiro atoms. The normalized spacial score (nSPS) is 37.1. The molecule has 15 heavy (non-hydrogen) atoms. The predicted octanol–water partition coefficient (Wildman–Crippen LogP) is 1.47. The minimum absolute atomic E-state index is 0.0420. The maximum Gasteiger partial charge on any atom is 0.220 e. The monoisotopic (exact) mass is 209 g/mol. The molecule has 0 radical (unpaired) electrons. The van der Waals surface area contributed by atoms with Crippen molar-refractivity contribution in [3.63, 3.8) is 0 Å². The van der Waals surface area contributed by atoms with E-state index in [9.17, 15) is 9.59 Å². The number of hydrogen-bond donors (Lipinski definition) is 0. The number of carbonyl (C=O) groups excluding carboxylic acids is 2. The van der Waals surface area contributed by atoms with Gasteiger partial charge in [0.25, 0.3) is 0 Å². The number of amides is 1. The Bertz CT molecular complexity index is 322. The van der Waals surface area contributed by atoms with Gasteiger partial charge in [0.15, 0.2) is 5.78 Å². The highest BCUT2D eigenvalue weighted by Gasteiger charge is 2.59. The third-order valence-corrected chi connectivity index (χ3v) is 4.13. The average molecular weight is 209 g/mol. The van der Waals surface area contributed by atoms with E-state index in [1.165, 1.54) is 0 Å². The van der Waals surface area contributed by atoms with E-state index >= 15 is 0 Å². The molecule has 1 aliphatic heterocycles. The maximum atomic E-state index is 11.6. The van der Waals surface area contributed by atoms with Gasteiger partial charge in [-0.2, -0.15) is 0 Å². The molecule has 2 aliphatic rings. The van der Waals surface area contributed by atoms with Gasteiger partial charge < -0.3 is 4.90 Å². The first-order valence-corrected chi connectivity index (χ1v) is 5.62. The van der Waals surface area contributed by atoms with Crippen LogP contribution in [0.4, 0.5) is 0 Å². The van der Waals surface area contributed by atoms with Crippen LogP contribution in [0.5, 0.6) is 0 Å². The summed E-state index contributed by atoms with van der Waals surface area (Å²) >= 11 is 0. The first-order valence-electron chi connectivity index (χ1n) is 5.62. The standard InChI is InChI=1S/C12H19NO2/c1-7(14)11-10-9(5-12(10,3)4)6-13(11)8(2)15/h9-11H,5-6H2,1-4H3/t9-,10-,11+/m0/s1. The molecule has 0 bridgehead atoms. The molecule has 2 rings (SSSR count). The first kappa shape index (κ1) is 10.7. The van der Waals surface area contributed by atoms with Crippen LogP contribution in [0.15, 0.2) is 0 Å². The SMILES string of the molecule is CC(=O)[C@@H]1[C@@H]2[C@H](CN1C(C)=O)CC2(C)C. The van der Waals surface area contributed by atoms with Crippen molar-refractivity contribution < 1.29 is 9.59 Å². The molecule has 3 atom stereocenters. The first-order chi connectivity index (χ1) is 6.84. The van der Waals surface area contributed by atoms with E-state index in [2.05, 4.69) is 13.8 Å². The van der Waals surface area contributed by atoms with Crippen LogP contribution in [0.2, 0.25) is 0 Å². The molecular formula is C12H19NO2. The Balaban J connectivity index is 2.27. The fourth-order valence-electron chi connectivity index (χ4n) is 3.64. The van der Waals surface area contributed by atoms with Crippen molar-refractivity contribution in [1.82, 2.24) is 4.90 Å². The largest absolute Gasteiger partial charge is 0.332 e. The number of Topliss-reactive ketones (excluding diaryl/α,β-unsaturated/α-hetero) is 1. The van der Waals surface area contributed by atoms with Crippen LogP contribution in [0.1, 0.15) is 34.1 Å². The molecule has 2 fully saturated rings. The summed E-state index contributed by atoms with van der Waals surface area (Å²) in [5.41, 5.74) is 0.227. The van der Waals surface area contributed by atoms with E-state index in [-0.39, 0.29) is 23.1 Å². The fraction of sp³-hybridized carbons (Fsp3) is 0.833. The van der Waals surface area contributed by atoms with Gasteiger partial charge in [-0.1, -0.05) is 13.8 Å². The van der Waals surface area contributed by atoms with Crippen molar-refractivity contribution in [1.29, 1.82) is 0 Å². The van der Waals surface area contributed by atoms with E-state index in [1.807, 2.05) is 0 Å². The van der Waals surface area contributed by atoms with Crippen molar-refractivity contribution in [3.05, 3.63) is 0 Å². The van der Waals surface area contributed by atoms with Gasteiger partial charge >= 0.3 is 0 Å². The van der Waals surface area contributed by atoms with Gasteiger partial charge in [0.2, 0.25) is 5.91 Å². The van der Waals surface area contributed by atoms with Gasteiger partial charge in [-0.25, -0.2) is 0 Å². The second-order valence-corrected chi connectivity index (χ2v) is 5.71. The minimum Gasteiger partial charge on any atom is -0.332 e. The van der Waals surface area contributed by atoms with Gasteiger partial charge in [0, 0.05) is 13.5 Å². The Kier molecular flexibility index (Phi) is 2.18. The molecule has 0 aromatic rings. The van der Waals surface area contributed by atoms with E-state index < -0.39 is 0 Å². The number of likely N-dealkylation sites (tertiary alicyclic amines) is 1. The lowest BCUT2D eigenvalue weighted by atomic mass is 9.55. The molecule has 1 aliphatic carbocycles. The third kappa shape index (κ3) is 1.40. The number of ketones is 1. The topological polar surface area (TPSA) is 37.4 Å². The molecule has 1 saturated heterocycles. The highest BCUT2D eigenvalue weighted by atomic mass is 16.2. The molecule has 1 heterocycles. The van der Waals surface area contributed by atoms with Gasteiger partial charge in [-0.05, 0) is 30.6 Å². The van der Waals surface area contributed by atoms with Crippen LogP contribution in [0.25, 0.3) is 0 Å². The summed E-state index contributed by atoms with van der Waals surface area (Å²) in [5, 5.41) is 0. The molecule has 3 heteroatoms. The highest BCUT2D eigenvalue weighted by Crippen LogP contribution is 2.57. The van der Waals surface area contributed by atoms with Crippen molar-refractivity contribution in [2.75, 3.05) is 6.54 Å². The molecule has 0 aromatic carbocycles. The summed E-state index contributed by atoms with van der Waals surface area (Å²) < 4.78 is 0. The van der Waals surface area contributed by atoms with E-state index in [4.69, 9.17) is 0 Å². The summed E-state index contributed by atoms with van der Waals surface area (Å²) in [4.78, 5) is 24.9. The quantitative estimate of drug-likeness (QED) is 0.655. The minimum atomic E-state index is -0.156. The summed E-state index contributed by atoms with van der Waals surface area (Å²) in [6.45, 7) is 8.36. The number of carbonyl (C=O) groups is 2. The van der Waals surface area contributed by atoms with Crippen molar-refractivity contribution in [2.45, 2.75) is 40.2 Å². The zero-order chi connectivity index (χ0) is 11.4. The van der Waals surface area contributed by atoms with Crippen LogP contribution >= 0.6 is 0 Å². The van der Waals surface area contributed by atoms with Crippen LogP contribution < -0.4 is 0 Å². The molecule has 1 saturated carbocycles. The van der Waals surface area contributed by atoms with Crippen LogP contribution in [0, 0.1) is 17.3 Å². The van der Waals surface area contributed by atoms with Crippen LogP contribution in [-0.4, -0.2) is 29.2 Å². The Morgan fingerprint density at radius 3 is 2.27 bits per heavy atom. The second kappa shape index (κ2) is 3.06. The van der Waals surface area contributed by atoms with Gasteiger partial charge in [-0.15, -0.1) is 0 Å². The fourth-order valence-corrected chi connectivity index (χ4v) is 3.64. The van der Waals surface area contributed by atoms with Crippen LogP contribution in [-0.2, 0) is 9.59 Å². The zero-order valence-corrected chi connectivity index (χ0v) is 9.91. The Morgan fingerprint density at radius 1 is 1.27 bits per heavy atom. The molecule has 0 N–H and O–H groups in total. The van der Waals surface area contributed by atoms with Gasteiger partial charge in [0.1, 0.15) is 0 Å². The number of nitrogens with zero attached hydrogens (tertiary/aromatic N) is 1. The maximum absolute atomic E-state index is 11.6. The Hall–Kier alpha value is -0.860. The van der Waals surface area contributed by atoms with E-state index in [0.717, 1.165) is 13.0 Å². The predicted molar refractivity (Wildman–Crippen MR) is 57.2 cm³/mol. The molecule has 84 valence electrons. The van der Waals surface area contributed by atoms with Crippen molar-refractivity contribution in [3.8, 4) is 0 Å². The third-order valence-electron chi connectivity index (χ3n) is 4.13. The number of rotatable bonds is 1. The molecule has 0 unspecified atom stereocenters. The second-order valence-electron chi connectivity index (χ2n) is 5.71. The van der Waals surface area contributed by atoms with Crippen molar-refractivity contribution in [2.24, 2.45) is 17.3 Å². The molecule has 0 aromatic heterocycles. The lowest BCUT2D eigenvalue weighted by Gasteiger charge is -2.49. The number of hydrogen-bond acceptors (Lipinski definition) is 2. The lowest BCUT2D eigenvalue weighted by molar-refractivity contribution is -0.137. The Labute approximate surface area is 90.8 Å². The Morgan fingerprint density at radius 2 is 1.87 bits per heavy atom. The summed E-state index contributed by atoms with van der Waals surface area (Å²) in [6.07, 6.45) is 1.14. The number of fused-ring (bicyclic) bond motifs is 1. The summed E-state index contributed by atoms with van der Waals surface area (Å²) in [7, 11) is 0. The van der Waals surface area contributed by atoms with E-state index in [1.54, 1.807) is 18.7 Å². The molecular weight excluding hydrogens is 190 g/mol. The average Bonchev–Trinajstić information content (AvgIpc) is 2.39. The highest BCUT2D eigenvalue weighted by molar-refractivity contribution is 5.88. The molecule has 3 nitrogen and oxygen atoms in total. The van der Waals surface area contributed by atoms with Gasteiger partial charge in [-0.3, -0.25) is 9.59 Å². The van der Waals surface area contributed by atoms with E-state index in [0.29, 0.717) is 11.8 Å². The van der Waals surface area contributed by atoms with Gasteiger partial charge in [0.05, 0.1) is 6.04 Å². The molecule has 1 amide bonds. The zero-order valence-electron chi connectivity index (χ0n) is 9.91. The summed E-state index contributed by atoms with van der Waals surface area (Å²) in [6, 6.07) is -0.156. The lowest BCUT2D eigenvalue weighted by Crippen LogP contribution is -2.50. The smallest absolute Gasteiger partial charge is 0.220 e. The van der Waals surface area contributed by atoms with Crippen LogP contribution in [0.3, 0.4) is 0 Å². The summed E-state index contributed by atoms with van der Waals surface area (Å²) in [5.74, 6) is 1.13. The van der Waals surface area contributed by atoms with Crippen molar-refractivity contribution >= 4 is 11.7 Å².